The third-order valence-electron chi connectivity index (χ3n) is 3.67. The molecule has 0 aromatic heterocycles. The Morgan fingerprint density at radius 2 is 1.91 bits per heavy atom. The summed E-state index contributed by atoms with van der Waals surface area (Å²) in [5.74, 6) is -0.610. The van der Waals surface area contributed by atoms with Crippen LogP contribution in [0.2, 0.25) is 0 Å². The number of esters is 1. The lowest BCUT2D eigenvalue weighted by atomic mass is 10.0. The number of hydrogen-bond donors (Lipinski definition) is 0. The lowest BCUT2D eigenvalue weighted by Crippen LogP contribution is -2.27. The summed E-state index contributed by atoms with van der Waals surface area (Å²) in [7, 11) is 1.32. The molecule has 0 aliphatic carbocycles. The van der Waals surface area contributed by atoms with Gasteiger partial charge in [0.1, 0.15) is 0 Å². The van der Waals surface area contributed by atoms with E-state index in [1.165, 1.54) is 7.11 Å². The summed E-state index contributed by atoms with van der Waals surface area (Å²) in [6, 6.07) is 12.5. The Hall–Kier alpha value is -2.40. The molecular weight excluding hydrogens is 358 g/mol. The van der Waals surface area contributed by atoms with E-state index in [2.05, 4.69) is 15.9 Å². The average Bonchev–Trinajstić information content (AvgIpc) is 2.59. The highest BCUT2D eigenvalue weighted by Crippen LogP contribution is 2.24. The zero-order valence-corrected chi connectivity index (χ0v) is 14.0. The number of nitrogens with zero attached hydrogens (tertiary/aromatic N) is 1. The Balaban J connectivity index is 1.86. The maximum Gasteiger partial charge on any atom is 0.337 e. The summed E-state index contributed by atoms with van der Waals surface area (Å²) in [5.41, 5.74) is 2.98. The fourth-order valence-electron chi connectivity index (χ4n) is 2.48. The van der Waals surface area contributed by atoms with Crippen molar-refractivity contribution in [3.05, 3.63) is 75.4 Å². The van der Waals surface area contributed by atoms with Crippen LogP contribution in [0.15, 0.2) is 53.1 Å². The van der Waals surface area contributed by atoms with Crippen molar-refractivity contribution in [2.45, 2.75) is 6.54 Å². The van der Waals surface area contributed by atoms with E-state index in [1.807, 2.05) is 24.3 Å². The van der Waals surface area contributed by atoms with Crippen LogP contribution in [0.5, 0.6) is 0 Å². The third kappa shape index (κ3) is 3.19. The van der Waals surface area contributed by atoms with Gasteiger partial charge in [-0.2, -0.15) is 0 Å². The summed E-state index contributed by atoms with van der Waals surface area (Å²) in [6.07, 6.45) is 3.68. The molecule has 1 heterocycles. The molecule has 0 spiro atoms. The summed E-state index contributed by atoms with van der Waals surface area (Å²) >= 11 is 3.45. The first-order valence-electron chi connectivity index (χ1n) is 7.04. The smallest absolute Gasteiger partial charge is 0.337 e. The molecule has 0 atom stereocenters. The van der Waals surface area contributed by atoms with Gasteiger partial charge in [-0.1, -0.05) is 28.1 Å². The van der Waals surface area contributed by atoms with E-state index in [4.69, 9.17) is 4.74 Å². The van der Waals surface area contributed by atoms with Gasteiger partial charge in [0.25, 0.3) is 5.91 Å². The molecule has 0 bridgehead atoms. The van der Waals surface area contributed by atoms with E-state index in [-0.39, 0.29) is 5.91 Å². The van der Waals surface area contributed by atoms with Crippen molar-refractivity contribution >= 4 is 33.9 Å². The predicted octanol–water partition coefficient (Wildman–Crippen LogP) is 3.86. The molecule has 0 radical (unpaired) electrons. The molecule has 0 unspecified atom stereocenters. The van der Waals surface area contributed by atoms with Gasteiger partial charge in [-0.05, 0) is 47.5 Å². The number of benzene rings is 2. The molecule has 0 saturated heterocycles. The van der Waals surface area contributed by atoms with Crippen LogP contribution in [0, 0.1) is 0 Å². The Labute approximate surface area is 142 Å². The number of halogens is 1. The minimum absolute atomic E-state index is 0.155. The molecular formula is C18H14BrNO3. The standard InChI is InChI=1S/C18H14BrNO3/c1-23-18(22)14-4-2-3-13(9-14)17(21)20-8-7-12-5-6-16(19)10-15(12)11-20/h2-10H,11H2,1H3. The van der Waals surface area contributed by atoms with Crippen molar-refractivity contribution in [1.29, 1.82) is 0 Å². The maximum atomic E-state index is 12.7. The normalized spacial score (nSPS) is 12.7. The SMILES string of the molecule is COC(=O)c1cccc(C(=O)N2C=Cc3ccc(Br)cc3C2)c1. The van der Waals surface area contributed by atoms with Gasteiger partial charge >= 0.3 is 5.97 Å². The summed E-state index contributed by atoms with van der Waals surface area (Å²) in [5, 5.41) is 0. The molecule has 4 nitrogen and oxygen atoms in total. The monoisotopic (exact) mass is 371 g/mol. The molecule has 116 valence electrons. The number of methoxy groups -OCH3 is 1. The number of fused-ring (bicyclic) bond motifs is 1. The van der Waals surface area contributed by atoms with E-state index in [1.54, 1.807) is 35.4 Å². The second-order valence-corrected chi connectivity index (χ2v) is 6.08. The molecule has 1 aliphatic heterocycles. The summed E-state index contributed by atoms with van der Waals surface area (Å²) in [6.45, 7) is 0.493. The Kier molecular flexibility index (Phi) is 4.30. The predicted molar refractivity (Wildman–Crippen MR) is 90.8 cm³/mol. The van der Waals surface area contributed by atoms with Crippen molar-refractivity contribution in [2.75, 3.05) is 7.11 Å². The largest absolute Gasteiger partial charge is 0.465 e. The second kappa shape index (κ2) is 6.38. The van der Waals surface area contributed by atoms with E-state index in [9.17, 15) is 9.59 Å². The van der Waals surface area contributed by atoms with Crippen molar-refractivity contribution in [2.24, 2.45) is 0 Å². The third-order valence-corrected chi connectivity index (χ3v) is 4.16. The van der Waals surface area contributed by atoms with Gasteiger partial charge in [0.2, 0.25) is 0 Å². The fourth-order valence-corrected chi connectivity index (χ4v) is 2.89. The first-order chi connectivity index (χ1) is 11.1. The van der Waals surface area contributed by atoms with Crippen molar-refractivity contribution < 1.29 is 14.3 Å². The number of rotatable bonds is 2. The first kappa shape index (κ1) is 15.5. The Morgan fingerprint density at radius 1 is 1.13 bits per heavy atom. The molecule has 5 heteroatoms. The van der Waals surface area contributed by atoms with Gasteiger partial charge < -0.3 is 9.64 Å². The topological polar surface area (TPSA) is 46.6 Å². The van der Waals surface area contributed by atoms with Crippen LogP contribution in [-0.4, -0.2) is 23.9 Å². The number of carbonyl (C=O) groups is 2. The molecule has 2 aromatic rings. The van der Waals surface area contributed by atoms with Crippen molar-refractivity contribution in [3.8, 4) is 0 Å². The molecule has 0 N–H and O–H groups in total. The van der Waals surface area contributed by atoms with E-state index in [0.717, 1.165) is 15.6 Å². The Bertz CT molecular complexity index is 814. The lowest BCUT2D eigenvalue weighted by molar-refractivity contribution is 0.0600. The molecule has 0 saturated carbocycles. The second-order valence-electron chi connectivity index (χ2n) is 5.16. The van der Waals surface area contributed by atoms with Gasteiger partial charge in [0.15, 0.2) is 0 Å². The highest BCUT2D eigenvalue weighted by Gasteiger charge is 2.19. The van der Waals surface area contributed by atoms with Crippen LogP contribution in [0.1, 0.15) is 31.8 Å². The van der Waals surface area contributed by atoms with E-state index < -0.39 is 5.97 Å². The first-order valence-corrected chi connectivity index (χ1v) is 7.84. The van der Waals surface area contributed by atoms with Crippen LogP contribution < -0.4 is 0 Å². The fraction of sp³-hybridized carbons (Fsp3) is 0.111. The van der Waals surface area contributed by atoms with Gasteiger partial charge in [0, 0.05) is 16.2 Å². The van der Waals surface area contributed by atoms with Crippen LogP contribution >= 0.6 is 15.9 Å². The average molecular weight is 372 g/mol. The molecule has 1 aliphatic rings. The highest BCUT2D eigenvalue weighted by molar-refractivity contribution is 9.10. The van der Waals surface area contributed by atoms with Crippen molar-refractivity contribution in [1.82, 2.24) is 4.90 Å². The highest BCUT2D eigenvalue weighted by atomic mass is 79.9. The minimum atomic E-state index is -0.455. The minimum Gasteiger partial charge on any atom is -0.465 e. The number of amides is 1. The molecule has 23 heavy (non-hydrogen) atoms. The van der Waals surface area contributed by atoms with Crippen LogP contribution in [0.4, 0.5) is 0 Å². The van der Waals surface area contributed by atoms with E-state index >= 15 is 0 Å². The van der Waals surface area contributed by atoms with E-state index in [0.29, 0.717) is 17.7 Å². The lowest BCUT2D eigenvalue weighted by Gasteiger charge is -2.24. The number of carbonyl (C=O) groups excluding carboxylic acids is 2. The zero-order valence-electron chi connectivity index (χ0n) is 12.5. The zero-order chi connectivity index (χ0) is 16.4. The number of ether oxygens (including phenoxy) is 1. The van der Waals surface area contributed by atoms with Gasteiger partial charge in [0.05, 0.1) is 19.2 Å². The molecule has 2 aromatic carbocycles. The molecule has 1 amide bonds. The maximum absolute atomic E-state index is 12.7. The van der Waals surface area contributed by atoms with Crippen LogP contribution in [0.3, 0.4) is 0 Å². The number of hydrogen-bond acceptors (Lipinski definition) is 3. The van der Waals surface area contributed by atoms with Crippen LogP contribution in [0.25, 0.3) is 6.08 Å². The summed E-state index contributed by atoms with van der Waals surface area (Å²) in [4.78, 5) is 25.9. The van der Waals surface area contributed by atoms with Gasteiger partial charge in [-0.3, -0.25) is 4.79 Å². The molecule has 0 fully saturated rings. The summed E-state index contributed by atoms with van der Waals surface area (Å²) < 4.78 is 5.67. The van der Waals surface area contributed by atoms with Crippen LogP contribution in [-0.2, 0) is 11.3 Å². The van der Waals surface area contributed by atoms with Gasteiger partial charge in [-0.15, -0.1) is 0 Å². The van der Waals surface area contributed by atoms with Gasteiger partial charge in [-0.25, -0.2) is 4.79 Å². The Morgan fingerprint density at radius 3 is 2.70 bits per heavy atom. The quantitative estimate of drug-likeness (QED) is 0.752. The molecule has 3 rings (SSSR count). The van der Waals surface area contributed by atoms with Crippen molar-refractivity contribution in [3.63, 3.8) is 0 Å².